The Kier molecular flexibility index (Phi) is 30.9. The van der Waals surface area contributed by atoms with Crippen molar-refractivity contribution in [3.05, 3.63) is 0 Å². The maximum absolute atomic E-state index is 9.00. The number of carboxylic acids is 1. The molecule has 5 heteroatoms. The van der Waals surface area contributed by atoms with E-state index in [-0.39, 0.29) is 37.4 Å². The molecule has 0 rings (SSSR count). The van der Waals surface area contributed by atoms with Crippen molar-refractivity contribution in [2.75, 3.05) is 0 Å². The first-order valence-corrected chi connectivity index (χ1v) is 1.15. The van der Waals surface area contributed by atoms with Crippen LogP contribution in [0.5, 0.6) is 0 Å². The molecule has 0 bridgehead atoms. The molecule has 8 heavy (non-hydrogen) atoms. The third-order valence-corrected chi connectivity index (χ3v) is 0. The summed E-state index contributed by atoms with van der Waals surface area (Å²) in [5, 5.41) is 14.8. The van der Waals surface area contributed by atoms with Crippen molar-refractivity contribution < 1.29 is 39.5 Å². The van der Waals surface area contributed by atoms with Crippen molar-refractivity contribution in [2.45, 2.75) is 6.92 Å². The Hall–Kier alpha value is 0.0249. The average molecular weight is 123 g/mol. The maximum Gasteiger partial charge on any atom is 1.00 e. The van der Waals surface area contributed by atoms with E-state index in [0.717, 1.165) is 6.92 Å². The van der Waals surface area contributed by atoms with Crippen LogP contribution in [-0.4, -0.2) is 18.9 Å². The minimum absolute atomic E-state index is 0. The molecule has 0 aromatic carbocycles. The molecule has 0 saturated carbocycles. The molecule has 40 valence electrons. The van der Waals surface area contributed by atoms with Crippen molar-refractivity contribution in [2.24, 2.45) is 0 Å². The molecule has 0 aliphatic carbocycles. The second kappa shape index (κ2) is 15.7. The molecular weight excluding hydrogens is 116 g/mol. The van der Waals surface area contributed by atoms with Crippen molar-refractivity contribution in [3.8, 4) is 5.97 Å². The maximum atomic E-state index is 9.00. The van der Waals surface area contributed by atoms with Crippen LogP contribution in [0.1, 0.15) is 6.92 Å². The Balaban J connectivity index is -0.0000000575. The zero-order valence-corrected chi connectivity index (χ0v) is 6.30. The Morgan fingerprint density at radius 1 is 1.88 bits per heavy atom. The number of carboxylic acid groups (broad SMARTS) is 1. The van der Waals surface area contributed by atoms with Crippen LogP contribution < -0.4 is 29.6 Å². The number of rotatable bonds is 0. The van der Waals surface area contributed by atoms with E-state index in [9.17, 15) is 0 Å². The average Bonchev–Trinajstić information content (AvgIpc) is 1.33. The molecule has 0 amide bonds. The quantitative estimate of drug-likeness (QED) is 0.333. The minimum atomic E-state index is -0.833. The fourth-order valence-electron chi connectivity index (χ4n) is 0. The van der Waals surface area contributed by atoms with Gasteiger partial charge in [-0.3, -0.25) is 10.1 Å². The van der Waals surface area contributed by atoms with Crippen LogP contribution >= 0.6 is 0 Å². The minimum Gasteiger partial charge on any atom is -0.481 e. The van der Waals surface area contributed by atoms with Crippen LogP contribution in [0, 0.1) is 11.2 Å². The predicted molar refractivity (Wildman–Crippen MR) is 28.9 cm³/mol. The van der Waals surface area contributed by atoms with Crippen LogP contribution in [0.3, 0.4) is 0 Å². The summed E-state index contributed by atoms with van der Waals surface area (Å²) in [6.07, 6.45) is 0. The van der Waals surface area contributed by atoms with Crippen molar-refractivity contribution in [1.82, 2.24) is 0 Å². The molecule has 0 aromatic rings. The van der Waals surface area contributed by atoms with Gasteiger partial charge in [0.2, 0.25) is 0 Å². The second-order valence-electron chi connectivity index (χ2n) is 0.519. The van der Waals surface area contributed by atoms with Gasteiger partial charge in [0.25, 0.3) is 5.97 Å². The molecule has 3 nitrogen and oxygen atoms in total. The number of carbonyl (C=O) groups is 1. The molecule has 0 heterocycles. The van der Waals surface area contributed by atoms with Crippen molar-refractivity contribution in [3.63, 3.8) is 0 Å². The van der Waals surface area contributed by atoms with Gasteiger partial charge >= 0.3 is 29.6 Å². The molecule has 0 saturated heterocycles. The Bertz CT molecular complexity index is 85.8. The molecule has 0 spiro atoms. The summed E-state index contributed by atoms with van der Waals surface area (Å²) < 4.78 is 0. The zero-order chi connectivity index (χ0) is 6.28. The van der Waals surface area contributed by atoms with Crippen LogP contribution in [0.25, 0.3) is 0 Å². The third kappa shape index (κ3) is 245000. The molecule has 0 unspecified atom stereocenters. The van der Waals surface area contributed by atoms with Gasteiger partial charge in [0, 0.05) is 6.92 Å². The smallest absolute Gasteiger partial charge is 0.481 e. The summed E-state index contributed by atoms with van der Waals surface area (Å²) in [6.45, 7) is 1.08. The number of hydrogen-bond acceptors (Lipinski definition) is 2. The van der Waals surface area contributed by atoms with Gasteiger partial charge in [-0.1, -0.05) is 0 Å². The molecule has 0 fully saturated rings. The number of nitriles is 1. The van der Waals surface area contributed by atoms with Gasteiger partial charge in [0.1, 0.15) is 0 Å². The van der Waals surface area contributed by atoms with Gasteiger partial charge in [-0.2, -0.15) is 5.97 Å². The van der Waals surface area contributed by atoms with Crippen LogP contribution in [0.15, 0.2) is 0 Å². The fraction of sp³-hybridized carbons (Fsp3) is 0.333. The largest absolute Gasteiger partial charge is 1.00 e. The SMILES string of the molecule is CC(=O)O.[BH3-]C#N.[Na+]. The first-order chi connectivity index (χ1) is 3.15. The van der Waals surface area contributed by atoms with E-state index in [0.29, 0.717) is 0 Å². The van der Waals surface area contributed by atoms with E-state index in [4.69, 9.17) is 15.2 Å². The third-order valence-electron chi connectivity index (χ3n) is 0. The van der Waals surface area contributed by atoms with Gasteiger partial charge in [-0.15, -0.1) is 0 Å². The summed E-state index contributed by atoms with van der Waals surface area (Å²) in [5.74, 6) is 1.17. The molecule has 0 aliphatic rings. The van der Waals surface area contributed by atoms with E-state index in [1.54, 1.807) is 0 Å². The molecule has 0 atom stereocenters. The first-order valence-electron chi connectivity index (χ1n) is 1.15. The summed E-state index contributed by atoms with van der Waals surface area (Å²) in [7, 11) is 0.0694. The molecule has 1 N–H and O–H groups in total. The molecule has 0 aliphatic heterocycles. The van der Waals surface area contributed by atoms with E-state index >= 15 is 0 Å². The van der Waals surface area contributed by atoms with Crippen LogP contribution in [0.4, 0.5) is 0 Å². The van der Waals surface area contributed by atoms with Gasteiger partial charge in [-0.25, -0.2) is 0 Å². The van der Waals surface area contributed by atoms with Gasteiger partial charge in [0.15, 0.2) is 0 Å². The standard InChI is InChI=1S/C2H4O2.CH3BN.Na/c1-2(3)4;2-1-3;/h1H3,(H,3,4);2H3;/q;-1;+1. The molecular formula is C3H7BNNaO2. The number of nitrogens with zero attached hydrogens (tertiary/aromatic N) is 1. The van der Waals surface area contributed by atoms with Crippen molar-refractivity contribution >= 4 is 13.8 Å². The second-order valence-corrected chi connectivity index (χ2v) is 0.519. The number of aliphatic carboxylic acids is 1. The normalized spacial score (nSPS) is 4.12. The fourth-order valence-corrected chi connectivity index (χ4v) is 0. The summed E-state index contributed by atoms with van der Waals surface area (Å²) in [5.41, 5.74) is 0. The van der Waals surface area contributed by atoms with Crippen LogP contribution in [-0.2, 0) is 4.79 Å². The van der Waals surface area contributed by atoms with Crippen LogP contribution in [0.2, 0.25) is 0 Å². The monoisotopic (exact) mass is 123 g/mol. The Labute approximate surface area is 71.4 Å². The first kappa shape index (κ1) is 15.7. The van der Waals surface area contributed by atoms with Gasteiger partial charge in [0.05, 0.1) is 7.85 Å². The summed E-state index contributed by atoms with van der Waals surface area (Å²) in [6, 6.07) is 0. The topological polar surface area (TPSA) is 61.1 Å². The van der Waals surface area contributed by atoms with E-state index < -0.39 is 5.97 Å². The number of hydrogen-bond donors (Lipinski definition) is 1. The Morgan fingerprint density at radius 2 is 1.88 bits per heavy atom. The molecule has 0 aromatic heterocycles. The van der Waals surface area contributed by atoms with E-state index in [1.807, 2.05) is 5.97 Å². The van der Waals surface area contributed by atoms with E-state index in [2.05, 4.69) is 0 Å². The van der Waals surface area contributed by atoms with Crippen molar-refractivity contribution in [1.29, 1.82) is 5.26 Å². The molecule has 0 radical (unpaired) electrons. The Morgan fingerprint density at radius 3 is 1.88 bits per heavy atom. The summed E-state index contributed by atoms with van der Waals surface area (Å²) >= 11 is 0. The van der Waals surface area contributed by atoms with Gasteiger partial charge < -0.3 is 5.11 Å². The zero-order valence-electron chi connectivity index (χ0n) is 4.30. The summed E-state index contributed by atoms with van der Waals surface area (Å²) in [4.78, 5) is 9.00. The predicted octanol–water partition coefficient (Wildman–Crippen LogP) is -4.07. The van der Waals surface area contributed by atoms with E-state index in [1.165, 1.54) is 0 Å². The van der Waals surface area contributed by atoms with Gasteiger partial charge in [-0.05, 0) is 0 Å².